The Morgan fingerprint density at radius 2 is 2.60 bits per heavy atom. The molecule has 0 unspecified atom stereocenters. The summed E-state index contributed by atoms with van der Waals surface area (Å²) in [6.07, 6.45) is 1.53. The molecule has 0 atom stereocenters. The Hall–Kier alpha value is -1.39. The lowest BCUT2D eigenvalue weighted by Gasteiger charge is -2.11. The Morgan fingerprint density at radius 1 is 1.90 bits per heavy atom. The molecule has 10 heavy (non-hydrogen) atoms. The fourth-order valence-electron chi connectivity index (χ4n) is 0.621. The average molecular weight is 140 g/mol. The van der Waals surface area contributed by atoms with E-state index in [0.717, 1.165) is 0 Å². The molecular formula is C5H8N4O. The highest BCUT2D eigenvalue weighted by atomic mass is 16.1. The maximum absolute atomic E-state index is 10.5. The molecule has 0 aromatic rings. The number of hydrogen-bond donors (Lipinski definition) is 1. The lowest BCUT2D eigenvalue weighted by molar-refractivity contribution is -0.112. The Morgan fingerprint density at radius 3 is 3.00 bits per heavy atom. The van der Waals surface area contributed by atoms with Gasteiger partial charge in [0.1, 0.15) is 12.1 Å². The molecule has 1 aliphatic rings. The fourth-order valence-corrected chi connectivity index (χ4v) is 0.621. The summed E-state index contributed by atoms with van der Waals surface area (Å²) in [7, 11) is 1.69. The van der Waals surface area contributed by atoms with Crippen molar-refractivity contribution in [3.05, 3.63) is 0 Å². The van der Waals surface area contributed by atoms with Gasteiger partial charge >= 0.3 is 0 Å². The summed E-state index contributed by atoms with van der Waals surface area (Å²) in [5, 5.41) is 5.26. The third kappa shape index (κ3) is 1.31. The summed E-state index contributed by atoms with van der Waals surface area (Å²) in [6.45, 7) is 0.291. The second-order valence-corrected chi connectivity index (χ2v) is 1.94. The van der Waals surface area contributed by atoms with E-state index >= 15 is 0 Å². The predicted molar refractivity (Wildman–Crippen MR) is 37.8 cm³/mol. The zero-order valence-electron chi connectivity index (χ0n) is 5.61. The molecule has 0 radical (unpaired) electrons. The van der Waals surface area contributed by atoms with E-state index in [1.54, 1.807) is 7.05 Å². The molecule has 54 valence electrons. The molecule has 0 aromatic carbocycles. The smallest absolute Gasteiger partial charge is 0.266 e. The third-order valence-corrected chi connectivity index (χ3v) is 1.05. The number of hydrazone groups is 1. The van der Waals surface area contributed by atoms with Crippen LogP contribution in [-0.4, -0.2) is 36.6 Å². The quantitative estimate of drug-likeness (QED) is 0.497. The van der Waals surface area contributed by atoms with Crippen molar-refractivity contribution in [2.24, 2.45) is 15.8 Å². The first-order valence-corrected chi connectivity index (χ1v) is 2.80. The molecule has 0 bridgehead atoms. The minimum absolute atomic E-state index is 0.291. The van der Waals surface area contributed by atoms with Gasteiger partial charge in [-0.3, -0.25) is 14.8 Å². The fraction of sp³-hybridized carbons (Fsp3) is 0.400. The number of aliphatic imine (C=N–C) groups is 1. The van der Waals surface area contributed by atoms with Gasteiger partial charge in [0.2, 0.25) is 0 Å². The van der Waals surface area contributed by atoms with Crippen LogP contribution in [0.5, 0.6) is 0 Å². The number of carbonyl (C=O) groups is 1. The van der Waals surface area contributed by atoms with Gasteiger partial charge in [0.15, 0.2) is 0 Å². The summed E-state index contributed by atoms with van der Waals surface area (Å²) in [5.41, 5.74) is 5.26. The highest BCUT2D eigenvalue weighted by Crippen LogP contribution is 1.90. The zero-order valence-corrected chi connectivity index (χ0v) is 5.61. The standard InChI is InChI=1S/C5H8N4O/c1-9-3-7-2-4(8-9)5(6)10/h3H,2H2,1H3,(H2,6,10). The Balaban J connectivity index is 2.71. The third-order valence-electron chi connectivity index (χ3n) is 1.05. The van der Waals surface area contributed by atoms with Crippen LogP contribution in [0, 0.1) is 0 Å². The average Bonchev–Trinajstić information content (AvgIpc) is 1.88. The number of primary amides is 1. The highest BCUT2D eigenvalue weighted by molar-refractivity contribution is 6.39. The van der Waals surface area contributed by atoms with Crippen molar-refractivity contribution in [2.75, 3.05) is 13.6 Å². The van der Waals surface area contributed by atoms with Crippen LogP contribution in [0.4, 0.5) is 0 Å². The van der Waals surface area contributed by atoms with Crippen LogP contribution in [0.25, 0.3) is 0 Å². The van der Waals surface area contributed by atoms with Crippen LogP contribution >= 0.6 is 0 Å². The van der Waals surface area contributed by atoms with Gasteiger partial charge in [-0.2, -0.15) is 5.10 Å². The Labute approximate surface area is 58.2 Å². The predicted octanol–water partition coefficient (Wildman–Crippen LogP) is -1.20. The van der Waals surface area contributed by atoms with E-state index in [1.807, 2.05) is 0 Å². The van der Waals surface area contributed by atoms with Crippen LogP contribution in [0.2, 0.25) is 0 Å². The van der Waals surface area contributed by atoms with E-state index < -0.39 is 5.91 Å². The minimum atomic E-state index is -0.510. The molecule has 1 aliphatic heterocycles. The summed E-state index contributed by atoms with van der Waals surface area (Å²) >= 11 is 0. The van der Waals surface area contributed by atoms with Crippen molar-refractivity contribution >= 4 is 18.0 Å². The van der Waals surface area contributed by atoms with Crippen molar-refractivity contribution in [3.8, 4) is 0 Å². The van der Waals surface area contributed by atoms with Crippen LogP contribution in [0.1, 0.15) is 0 Å². The summed E-state index contributed by atoms with van der Waals surface area (Å²) in [5.74, 6) is -0.510. The molecule has 1 amide bonds. The van der Waals surface area contributed by atoms with E-state index in [2.05, 4.69) is 10.1 Å². The lowest BCUT2D eigenvalue weighted by atomic mass is 10.3. The van der Waals surface area contributed by atoms with Crippen LogP contribution in [0.15, 0.2) is 10.1 Å². The first kappa shape index (κ1) is 6.73. The van der Waals surface area contributed by atoms with Gasteiger partial charge in [-0.15, -0.1) is 0 Å². The second kappa shape index (κ2) is 2.47. The molecule has 0 aromatic heterocycles. The molecule has 0 saturated carbocycles. The molecule has 0 spiro atoms. The number of carbonyl (C=O) groups excluding carboxylic acids is 1. The van der Waals surface area contributed by atoms with E-state index in [4.69, 9.17) is 5.73 Å². The molecular weight excluding hydrogens is 132 g/mol. The van der Waals surface area contributed by atoms with Gasteiger partial charge in [-0.25, -0.2) is 0 Å². The number of hydrogen-bond acceptors (Lipinski definition) is 4. The van der Waals surface area contributed by atoms with Gasteiger partial charge < -0.3 is 5.73 Å². The summed E-state index contributed by atoms with van der Waals surface area (Å²) in [6, 6.07) is 0. The van der Waals surface area contributed by atoms with Gasteiger partial charge in [0, 0.05) is 7.05 Å². The molecule has 5 heteroatoms. The van der Waals surface area contributed by atoms with Gasteiger partial charge in [0.05, 0.1) is 6.54 Å². The van der Waals surface area contributed by atoms with Gasteiger partial charge in [-0.1, -0.05) is 0 Å². The van der Waals surface area contributed by atoms with E-state index in [1.165, 1.54) is 11.3 Å². The molecule has 1 rings (SSSR count). The van der Waals surface area contributed by atoms with E-state index in [9.17, 15) is 4.79 Å². The summed E-state index contributed by atoms with van der Waals surface area (Å²) < 4.78 is 0. The largest absolute Gasteiger partial charge is 0.364 e. The Bertz CT molecular complexity index is 208. The van der Waals surface area contributed by atoms with E-state index in [-0.39, 0.29) is 0 Å². The summed E-state index contributed by atoms with van der Waals surface area (Å²) in [4.78, 5) is 14.3. The number of nitrogens with zero attached hydrogens (tertiary/aromatic N) is 3. The lowest BCUT2D eigenvalue weighted by Crippen LogP contribution is -2.31. The molecule has 5 nitrogen and oxygen atoms in total. The SMILES string of the molecule is CN1C=NCC(C(N)=O)=N1. The van der Waals surface area contributed by atoms with Crippen molar-refractivity contribution in [1.29, 1.82) is 0 Å². The highest BCUT2D eigenvalue weighted by Gasteiger charge is 2.09. The number of nitrogens with two attached hydrogens (primary N) is 1. The molecule has 2 N–H and O–H groups in total. The van der Waals surface area contributed by atoms with Crippen molar-refractivity contribution in [1.82, 2.24) is 5.01 Å². The number of amides is 1. The van der Waals surface area contributed by atoms with Crippen LogP contribution in [-0.2, 0) is 4.79 Å². The zero-order chi connectivity index (χ0) is 7.56. The maximum atomic E-state index is 10.5. The topological polar surface area (TPSA) is 71.0 Å². The molecule has 0 aliphatic carbocycles. The van der Waals surface area contributed by atoms with Crippen LogP contribution in [0.3, 0.4) is 0 Å². The van der Waals surface area contributed by atoms with E-state index in [0.29, 0.717) is 12.3 Å². The van der Waals surface area contributed by atoms with Gasteiger partial charge in [-0.05, 0) is 0 Å². The van der Waals surface area contributed by atoms with Crippen molar-refractivity contribution in [3.63, 3.8) is 0 Å². The monoisotopic (exact) mass is 140 g/mol. The maximum Gasteiger partial charge on any atom is 0.266 e. The second-order valence-electron chi connectivity index (χ2n) is 1.94. The first-order chi connectivity index (χ1) is 4.70. The van der Waals surface area contributed by atoms with Crippen LogP contribution < -0.4 is 5.73 Å². The first-order valence-electron chi connectivity index (χ1n) is 2.80. The van der Waals surface area contributed by atoms with Crippen molar-refractivity contribution in [2.45, 2.75) is 0 Å². The minimum Gasteiger partial charge on any atom is -0.364 e. The molecule has 0 fully saturated rings. The normalized spacial score (nSPS) is 16.9. The van der Waals surface area contributed by atoms with Crippen molar-refractivity contribution < 1.29 is 4.79 Å². The number of rotatable bonds is 1. The van der Waals surface area contributed by atoms with Gasteiger partial charge in [0.25, 0.3) is 5.91 Å². The molecule has 1 heterocycles. The Kier molecular flexibility index (Phi) is 1.66. The molecule has 0 saturated heterocycles.